The molecule has 0 spiro atoms. The Morgan fingerprint density at radius 2 is 1.43 bits per heavy atom. The summed E-state index contributed by atoms with van der Waals surface area (Å²) in [6.45, 7) is -0.504. The first-order valence-corrected chi connectivity index (χ1v) is 10.0. The maximum Gasteiger partial charge on any atom is 0.318 e. The highest BCUT2D eigenvalue weighted by atomic mass is 35.5. The lowest BCUT2D eigenvalue weighted by Gasteiger charge is -2.26. The van der Waals surface area contributed by atoms with Crippen molar-refractivity contribution in [3.63, 3.8) is 0 Å². The van der Waals surface area contributed by atoms with Crippen LogP contribution in [-0.4, -0.2) is 18.5 Å². The van der Waals surface area contributed by atoms with Crippen LogP contribution in [0.3, 0.4) is 0 Å². The molecule has 1 heterocycles. The van der Waals surface area contributed by atoms with Crippen molar-refractivity contribution in [3.05, 3.63) is 86.9 Å². The number of halogens is 3. The number of amides is 1. The number of ether oxygens (including phenoxy) is 2. The highest BCUT2D eigenvalue weighted by molar-refractivity contribution is 6.42. The van der Waals surface area contributed by atoms with Crippen LogP contribution in [0.1, 0.15) is 17.0 Å². The second-order valence-electron chi connectivity index (χ2n) is 6.51. The first-order chi connectivity index (χ1) is 14.4. The number of anilines is 1. The zero-order chi connectivity index (χ0) is 21.3. The van der Waals surface area contributed by atoms with Crippen LogP contribution >= 0.6 is 34.8 Å². The molecule has 1 aliphatic heterocycles. The third-order valence-corrected chi connectivity index (χ3v) is 5.35. The van der Waals surface area contributed by atoms with Crippen LogP contribution in [0.15, 0.2) is 60.7 Å². The molecule has 3 aromatic carbocycles. The first-order valence-electron chi connectivity index (χ1n) is 8.91. The molecule has 30 heavy (non-hydrogen) atoms. The second-order valence-corrected chi connectivity index (χ2v) is 7.76. The number of para-hydroxylation sites is 2. The molecule has 3 aromatic rings. The summed E-state index contributed by atoms with van der Waals surface area (Å²) < 4.78 is 11.2. The maximum atomic E-state index is 12.9. The Labute approximate surface area is 187 Å². The van der Waals surface area contributed by atoms with Crippen molar-refractivity contribution in [2.75, 3.05) is 11.9 Å². The number of nitrogens with one attached hydrogen (secondary N) is 1. The molecule has 8 heteroatoms. The molecule has 1 N–H and O–H groups in total. The third kappa shape index (κ3) is 4.10. The van der Waals surface area contributed by atoms with Crippen LogP contribution in [0.25, 0.3) is 0 Å². The van der Waals surface area contributed by atoms with Gasteiger partial charge in [-0.3, -0.25) is 9.59 Å². The largest absolute Gasteiger partial charge is 0.457 e. The zero-order valence-corrected chi connectivity index (χ0v) is 17.6. The summed E-state index contributed by atoms with van der Waals surface area (Å²) in [5.74, 6) is -0.712. The van der Waals surface area contributed by atoms with E-state index < -0.39 is 24.4 Å². The van der Waals surface area contributed by atoms with Crippen LogP contribution in [0.4, 0.5) is 5.69 Å². The molecule has 0 radical (unpaired) electrons. The van der Waals surface area contributed by atoms with Gasteiger partial charge in [-0.25, -0.2) is 0 Å². The van der Waals surface area contributed by atoms with Crippen molar-refractivity contribution < 1.29 is 19.1 Å². The SMILES string of the molecule is O=C(COC(=O)C1c2ccccc2Oc2ccccc21)Nc1c(Cl)cc(Cl)cc1Cl. The van der Waals surface area contributed by atoms with Gasteiger partial charge in [0.05, 0.1) is 15.7 Å². The Morgan fingerprint density at radius 3 is 2.00 bits per heavy atom. The standard InChI is InChI=1S/C22H14Cl3NO4/c23-12-9-15(24)21(16(25)10-12)26-19(27)11-29-22(28)20-13-5-1-3-7-17(13)30-18-8-4-2-6-14(18)20/h1-10,20H,11H2,(H,26,27). The molecule has 0 atom stereocenters. The van der Waals surface area contributed by atoms with E-state index in [9.17, 15) is 9.59 Å². The smallest absolute Gasteiger partial charge is 0.318 e. The molecule has 0 saturated heterocycles. The predicted molar refractivity (Wildman–Crippen MR) is 116 cm³/mol. The summed E-state index contributed by atoms with van der Waals surface area (Å²) >= 11 is 18.0. The summed E-state index contributed by atoms with van der Waals surface area (Å²) in [6.07, 6.45) is 0. The monoisotopic (exact) mass is 461 g/mol. The van der Waals surface area contributed by atoms with E-state index in [1.165, 1.54) is 12.1 Å². The minimum Gasteiger partial charge on any atom is -0.457 e. The summed E-state index contributed by atoms with van der Waals surface area (Å²) in [5, 5.41) is 3.24. The average Bonchev–Trinajstić information content (AvgIpc) is 2.72. The lowest BCUT2D eigenvalue weighted by atomic mass is 9.88. The first kappa shape index (κ1) is 20.5. The quantitative estimate of drug-likeness (QED) is 0.478. The van der Waals surface area contributed by atoms with E-state index in [0.29, 0.717) is 27.6 Å². The molecule has 152 valence electrons. The third-order valence-electron chi connectivity index (χ3n) is 4.53. The summed E-state index contributed by atoms with van der Waals surface area (Å²) in [5.41, 5.74) is 1.54. The van der Waals surface area contributed by atoms with Crippen LogP contribution in [0.2, 0.25) is 15.1 Å². The number of esters is 1. The second kappa shape index (κ2) is 8.56. The normalized spacial score (nSPS) is 12.4. The van der Waals surface area contributed by atoms with Gasteiger partial charge in [-0.2, -0.15) is 0 Å². The van der Waals surface area contributed by atoms with Gasteiger partial charge in [0, 0.05) is 16.1 Å². The highest BCUT2D eigenvalue weighted by Crippen LogP contribution is 2.44. The van der Waals surface area contributed by atoms with Crippen molar-refractivity contribution in [1.82, 2.24) is 0 Å². The fourth-order valence-electron chi connectivity index (χ4n) is 3.22. The number of hydrogen-bond acceptors (Lipinski definition) is 4. The molecule has 4 rings (SSSR count). The Balaban J connectivity index is 1.51. The van der Waals surface area contributed by atoms with E-state index in [4.69, 9.17) is 44.3 Å². The average molecular weight is 463 g/mol. The topological polar surface area (TPSA) is 64.6 Å². The van der Waals surface area contributed by atoms with E-state index in [0.717, 1.165) is 0 Å². The minimum atomic E-state index is -0.707. The number of fused-ring (bicyclic) bond motifs is 2. The van der Waals surface area contributed by atoms with Gasteiger partial charge in [0.2, 0.25) is 0 Å². The number of carbonyl (C=O) groups is 2. The van der Waals surface area contributed by atoms with Gasteiger partial charge >= 0.3 is 5.97 Å². The number of rotatable bonds is 4. The fraction of sp³-hybridized carbons (Fsp3) is 0.0909. The summed E-state index contributed by atoms with van der Waals surface area (Å²) in [6, 6.07) is 17.3. The molecule has 5 nitrogen and oxygen atoms in total. The lowest BCUT2D eigenvalue weighted by molar-refractivity contribution is -0.148. The lowest BCUT2D eigenvalue weighted by Crippen LogP contribution is -2.26. The van der Waals surface area contributed by atoms with Gasteiger partial charge in [-0.1, -0.05) is 71.2 Å². The van der Waals surface area contributed by atoms with Crippen LogP contribution in [0.5, 0.6) is 11.5 Å². The van der Waals surface area contributed by atoms with Crippen LogP contribution in [-0.2, 0) is 14.3 Å². The molecule has 0 bridgehead atoms. The van der Waals surface area contributed by atoms with E-state index >= 15 is 0 Å². The number of carbonyl (C=O) groups excluding carboxylic acids is 2. The van der Waals surface area contributed by atoms with Crippen molar-refractivity contribution in [2.24, 2.45) is 0 Å². The minimum absolute atomic E-state index is 0.180. The summed E-state index contributed by atoms with van der Waals surface area (Å²) in [4.78, 5) is 25.2. The highest BCUT2D eigenvalue weighted by Gasteiger charge is 2.33. The molecule has 0 aromatic heterocycles. The number of hydrogen-bond donors (Lipinski definition) is 1. The van der Waals surface area contributed by atoms with Crippen LogP contribution < -0.4 is 10.1 Å². The molecule has 0 aliphatic carbocycles. The van der Waals surface area contributed by atoms with Crippen molar-refractivity contribution >= 4 is 52.4 Å². The Morgan fingerprint density at radius 1 is 0.900 bits per heavy atom. The van der Waals surface area contributed by atoms with Crippen molar-refractivity contribution in [1.29, 1.82) is 0 Å². The van der Waals surface area contributed by atoms with E-state index in [1.807, 2.05) is 24.3 Å². The van der Waals surface area contributed by atoms with Crippen molar-refractivity contribution in [3.8, 4) is 11.5 Å². The van der Waals surface area contributed by atoms with Gasteiger partial charge in [0.25, 0.3) is 5.91 Å². The van der Waals surface area contributed by atoms with Crippen molar-refractivity contribution in [2.45, 2.75) is 5.92 Å². The Kier molecular flexibility index (Phi) is 5.86. The molecule has 1 aliphatic rings. The molecular weight excluding hydrogens is 449 g/mol. The fourth-order valence-corrected chi connectivity index (χ4v) is 4.13. The van der Waals surface area contributed by atoms with Gasteiger partial charge in [-0.15, -0.1) is 0 Å². The van der Waals surface area contributed by atoms with Gasteiger partial charge in [-0.05, 0) is 24.3 Å². The van der Waals surface area contributed by atoms with E-state index in [-0.39, 0.29) is 15.7 Å². The molecule has 0 saturated carbocycles. The van der Waals surface area contributed by atoms with Gasteiger partial charge < -0.3 is 14.8 Å². The maximum absolute atomic E-state index is 12.9. The van der Waals surface area contributed by atoms with E-state index in [2.05, 4.69) is 5.32 Å². The number of benzene rings is 3. The predicted octanol–water partition coefficient (Wildman–Crippen LogP) is 6.07. The zero-order valence-electron chi connectivity index (χ0n) is 15.3. The Bertz CT molecular complexity index is 1080. The molecule has 1 amide bonds. The molecular formula is C22H14Cl3NO4. The van der Waals surface area contributed by atoms with Gasteiger partial charge in [0.15, 0.2) is 6.61 Å². The van der Waals surface area contributed by atoms with Crippen LogP contribution in [0, 0.1) is 0 Å². The van der Waals surface area contributed by atoms with Gasteiger partial charge in [0.1, 0.15) is 17.4 Å². The molecule has 0 fully saturated rings. The van der Waals surface area contributed by atoms with E-state index in [1.54, 1.807) is 24.3 Å². The Hall–Kier alpha value is -2.73. The summed E-state index contributed by atoms with van der Waals surface area (Å²) in [7, 11) is 0. The molecule has 0 unspecified atom stereocenters.